The standard InChI is InChI=1S/C17H23N7O/c1-4-23-11-20-15-16(23)18-10-19-17(15)24-7-5-22(6-8-24)9-14-12(2)21-25-13(14)3/h10-11H,4-9H2,1-3H3. The van der Waals surface area contributed by atoms with Gasteiger partial charge in [0.25, 0.3) is 0 Å². The van der Waals surface area contributed by atoms with E-state index in [1.54, 1.807) is 6.33 Å². The van der Waals surface area contributed by atoms with E-state index >= 15 is 0 Å². The highest BCUT2D eigenvalue weighted by atomic mass is 16.5. The molecule has 4 heterocycles. The monoisotopic (exact) mass is 341 g/mol. The third-order valence-corrected chi connectivity index (χ3v) is 4.96. The molecule has 1 aliphatic heterocycles. The summed E-state index contributed by atoms with van der Waals surface area (Å²) in [6, 6.07) is 0. The fourth-order valence-corrected chi connectivity index (χ4v) is 3.40. The van der Waals surface area contributed by atoms with Gasteiger partial charge < -0.3 is 14.0 Å². The van der Waals surface area contributed by atoms with Crippen LogP contribution in [0.1, 0.15) is 23.9 Å². The van der Waals surface area contributed by atoms with E-state index in [4.69, 9.17) is 4.52 Å². The van der Waals surface area contributed by atoms with Crippen molar-refractivity contribution < 1.29 is 4.52 Å². The summed E-state index contributed by atoms with van der Waals surface area (Å²) < 4.78 is 7.32. The summed E-state index contributed by atoms with van der Waals surface area (Å²) in [6.07, 6.45) is 3.48. The maximum atomic E-state index is 5.27. The smallest absolute Gasteiger partial charge is 0.165 e. The molecule has 1 fully saturated rings. The minimum absolute atomic E-state index is 0.859. The second kappa shape index (κ2) is 6.44. The van der Waals surface area contributed by atoms with Crippen LogP contribution in [0.3, 0.4) is 0 Å². The number of aromatic nitrogens is 5. The molecule has 8 nitrogen and oxygen atoms in total. The van der Waals surface area contributed by atoms with Crippen molar-refractivity contribution in [2.75, 3.05) is 31.1 Å². The first kappa shape index (κ1) is 16.0. The molecule has 0 aliphatic carbocycles. The van der Waals surface area contributed by atoms with E-state index in [0.717, 1.165) is 67.7 Å². The van der Waals surface area contributed by atoms with Gasteiger partial charge in [-0.15, -0.1) is 0 Å². The predicted octanol–water partition coefficient (Wildman–Crippen LogP) is 1.77. The molecule has 0 atom stereocenters. The van der Waals surface area contributed by atoms with Gasteiger partial charge in [0.15, 0.2) is 17.0 Å². The van der Waals surface area contributed by atoms with Gasteiger partial charge in [-0.1, -0.05) is 5.16 Å². The molecule has 132 valence electrons. The Morgan fingerprint density at radius 3 is 2.56 bits per heavy atom. The molecule has 0 unspecified atom stereocenters. The maximum Gasteiger partial charge on any atom is 0.165 e. The first-order chi connectivity index (χ1) is 12.2. The number of nitrogens with zero attached hydrogens (tertiary/aromatic N) is 7. The Balaban J connectivity index is 1.48. The summed E-state index contributed by atoms with van der Waals surface area (Å²) in [5, 5.41) is 4.05. The van der Waals surface area contributed by atoms with Crippen LogP contribution in [0, 0.1) is 13.8 Å². The van der Waals surface area contributed by atoms with E-state index in [9.17, 15) is 0 Å². The van der Waals surface area contributed by atoms with E-state index in [1.807, 2.05) is 24.7 Å². The molecular formula is C17H23N7O. The Morgan fingerprint density at radius 1 is 1.08 bits per heavy atom. The molecule has 0 aromatic carbocycles. The number of piperazine rings is 1. The predicted molar refractivity (Wildman–Crippen MR) is 94.5 cm³/mol. The van der Waals surface area contributed by atoms with Crippen LogP contribution in [0.4, 0.5) is 5.82 Å². The van der Waals surface area contributed by atoms with Crippen molar-refractivity contribution in [3.05, 3.63) is 29.7 Å². The minimum Gasteiger partial charge on any atom is -0.361 e. The average molecular weight is 341 g/mol. The first-order valence-corrected chi connectivity index (χ1v) is 8.72. The molecule has 1 aliphatic rings. The highest BCUT2D eigenvalue weighted by molar-refractivity contribution is 5.83. The van der Waals surface area contributed by atoms with E-state index in [0.29, 0.717) is 0 Å². The van der Waals surface area contributed by atoms with Crippen molar-refractivity contribution in [2.45, 2.75) is 33.9 Å². The van der Waals surface area contributed by atoms with Gasteiger partial charge in [0.2, 0.25) is 0 Å². The number of aryl methyl sites for hydroxylation is 3. The van der Waals surface area contributed by atoms with Crippen molar-refractivity contribution in [3.63, 3.8) is 0 Å². The molecule has 0 bridgehead atoms. The number of imidazole rings is 1. The van der Waals surface area contributed by atoms with E-state index in [1.165, 1.54) is 5.56 Å². The van der Waals surface area contributed by atoms with Gasteiger partial charge >= 0.3 is 0 Å². The summed E-state index contributed by atoms with van der Waals surface area (Å²) >= 11 is 0. The van der Waals surface area contributed by atoms with Gasteiger partial charge in [0, 0.05) is 44.8 Å². The molecule has 0 saturated carbocycles. The van der Waals surface area contributed by atoms with Crippen LogP contribution in [0.5, 0.6) is 0 Å². The second-order valence-electron chi connectivity index (χ2n) is 6.47. The Kier molecular flexibility index (Phi) is 4.12. The maximum absolute atomic E-state index is 5.27. The molecule has 4 rings (SSSR count). The lowest BCUT2D eigenvalue weighted by Gasteiger charge is -2.35. The summed E-state index contributed by atoms with van der Waals surface area (Å²) in [5.74, 6) is 1.86. The second-order valence-corrected chi connectivity index (χ2v) is 6.47. The van der Waals surface area contributed by atoms with Crippen LogP contribution >= 0.6 is 0 Å². The first-order valence-electron chi connectivity index (χ1n) is 8.72. The SMILES string of the molecule is CCn1cnc2c(N3CCN(Cc4c(C)noc4C)CC3)ncnc21. The van der Waals surface area contributed by atoms with Crippen molar-refractivity contribution in [3.8, 4) is 0 Å². The van der Waals surface area contributed by atoms with Crippen LogP contribution in [0.15, 0.2) is 17.2 Å². The third kappa shape index (κ3) is 2.86. The lowest BCUT2D eigenvalue weighted by atomic mass is 10.2. The normalized spacial score (nSPS) is 16.0. The molecule has 1 saturated heterocycles. The van der Waals surface area contributed by atoms with Crippen molar-refractivity contribution in [1.29, 1.82) is 0 Å². The Hall–Kier alpha value is -2.48. The molecule has 0 N–H and O–H groups in total. The molecular weight excluding hydrogens is 318 g/mol. The third-order valence-electron chi connectivity index (χ3n) is 4.96. The quantitative estimate of drug-likeness (QED) is 0.716. The van der Waals surface area contributed by atoms with Crippen LogP contribution in [0.25, 0.3) is 11.2 Å². The molecule has 0 amide bonds. The van der Waals surface area contributed by atoms with Crippen LogP contribution < -0.4 is 4.90 Å². The van der Waals surface area contributed by atoms with Crippen LogP contribution in [-0.2, 0) is 13.1 Å². The molecule has 3 aromatic heterocycles. The van der Waals surface area contributed by atoms with Crippen molar-refractivity contribution in [1.82, 2.24) is 29.6 Å². The largest absolute Gasteiger partial charge is 0.361 e. The average Bonchev–Trinajstić information content (AvgIpc) is 3.20. The lowest BCUT2D eigenvalue weighted by molar-refractivity contribution is 0.247. The lowest BCUT2D eigenvalue weighted by Crippen LogP contribution is -2.46. The van der Waals surface area contributed by atoms with Gasteiger partial charge in [0.05, 0.1) is 12.0 Å². The highest BCUT2D eigenvalue weighted by Gasteiger charge is 2.23. The zero-order valence-electron chi connectivity index (χ0n) is 14.9. The van der Waals surface area contributed by atoms with Gasteiger partial charge in [-0.2, -0.15) is 0 Å². The molecule has 0 radical (unpaired) electrons. The Bertz CT molecular complexity index is 857. The van der Waals surface area contributed by atoms with E-state index < -0.39 is 0 Å². The fourth-order valence-electron chi connectivity index (χ4n) is 3.40. The van der Waals surface area contributed by atoms with Gasteiger partial charge in [0.1, 0.15) is 12.1 Å². The minimum atomic E-state index is 0.859. The highest BCUT2D eigenvalue weighted by Crippen LogP contribution is 2.23. The van der Waals surface area contributed by atoms with Crippen molar-refractivity contribution in [2.24, 2.45) is 0 Å². The zero-order valence-corrected chi connectivity index (χ0v) is 14.9. The molecule has 25 heavy (non-hydrogen) atoms. The Morgan fingerprint density at radius 2 is 1.88 bits per heavy atom. The summed E-state index contributed by atoms with van der Waals surface area (Å²) in [5.41, 5.74) is 4.00. The van der Waals surface area contributed by atoms with E-state index in [-0.39, 0.29) is 0 Å². The molecule has 3 aromatic rings. The summed E-state index contributed by atoms with van der Waals surface area (Å²) in [7, 11) is 0. The van der Waals surface area contributed by atoms with Gasteiger partial charge in [-0.25, -0.2) is 15.0 Å². The van der Waals surface area contributed by atoms with Crippen LogP contribution in [0.2, 0.25) is 0 Å². The van der Waals surface area contributed by atoms with Crippen molar-refractivity contribution >= 4 is 17.0 Å². The Labute approximate surface area is 146 Å². The summed E-state index contributed by atoms with van der Waals surface area (Å²) in [4.78, 5) is 18.2. The zero-order chi connectivity index (χ0) is 17.4. The molecule has 0 spiro atoms. The number of rotatable bonds is 4. The van der Waals surface area contributed by atoms with Gasteiger partial charge in [-0.3, -0.25) is 4.90 Å². The van der Waals surface area contributed by atoms with E-state index in [2.05, 4.69) is 36.8 Å². The number of fused-ring (bicyclic) bond motifs is 1. The number of hydrogen-bond donors (Lipinski definition) is 0. The molecule has 8 heteroatoms. The van der Waals surface area contributed by atoms with Gasteiger partial charge in [-0.05, 0) is 20.8 Å². The number of hydrogen-bond acceptors (Lipinski definition) is 7. The summed E-state index contributed by atoms with van der Waals surface area (Å²) in [6.45, 7) is 11.6. The topological polar surface area (TPSA) is 76.1 Å². The fraction of sp³-hybridized carbons (Fsp3) is 0.529. The number of anilines is 1. The van der Waals surface area contributed by atoms with Crippen LogP contribution in [-0.4, -0.2) is 55.8 Å².